The predicted octanol–water partition coefficient (Wildman–Crippen LogP) is 2.35. The van der Waals surface area contributed by atoms with Crippen LogP contribution in [-0.2, 0) is 4.74 Å². The summed E-state index contributed by atoms with van der Waals surface area (Å²) in [6.07, 6.45) is 1.39. The van der Waals surface area contributed by atoms with Crippen molar-refractivity contribution < 1.29 is 9.53 Å². The summed E-state index contributed by atoms with van der Waals surface area (Å²) in [6, 6.07) is 7.58. The molecule has 0 unspecified atom stereocenters. The Kier molecular flexibility index (Phi) is 2.10. The summed E-state index contributed by atoms with van der Waals surface area (Å²) >= 11 is 0. The molecule has 14 heavy (non-hydrogen) atoms. The first kappa shape index (κ1) is 8.62. The molecule has 0 atom stereocenters. The molecule has 2 N–H and O–H groups in total. The number of carbonyl (C=O) groups excluding carboxylic acids is 1. The maximum absolute atomic E-state index is 10.9. The Bertz CT molecular complexity index is 462. The van der Waals surface area contributed by atoms with Crippen LogP contribution in [0.3, 0.4) is 0 Å². The van der Waals surface area contributed by atoms with Crippen molar-refractivity contribution in [3.05, 3.63) is 30.5 Å². The molecule has 0 aliphatic rings. The van der Waals surface area contributed by atoms with Gasteiger partial charge in [0, 0.05) is 17.4 Å². The number of ether oxygens (including phenoxy) is 1. The van der Waals surface area contributed by atoms with E-state index in [2.05, 4.69) is 15.0 Å². The van der Waals surface area contributed by atoms with Gasteiger partial charge in [-0.2, -0.15) is 0 Å². The molecule has 1 amide bonds. The second kappa shape index (κ2) is 3.41. The summed E-state index contributed by atoms with van der Waals surface area (Å²) in [5.74, 6) is 0. The zero-order chi connectivity index (χ0) is 9.97. The summed E-state index contributed by atoms with van der Waals surface area (Å²) in [4.78, 5) is 14.0. The molecule has 1 heterocycles. The number of nitrogens with one attached hydrogen (secondary N) is 2. The second-order valence-electron chi connectivity index (χ2n) is 2.90. The van der Waals surface area contributed by atoms with E-state index in [1.165, 1.54) is 7.11 Å². The lowest BCUT2D eigenvalue weighted by molar-refractivity contribution is 0.187. The topological polar surface area (TPSA) is 54.1 Å². The Labute approximate surface area is 80.9 Å². The van der Waals surface area contributed by atoms with E-state index >= 15 is 0 Å². The smallest absolute Gasteiger partial charge is 0.411 e. The molecule has 0 radical (unpaired) electrons. The summed E-state index contributed by atoms with van der Waals surface area (Å²) in [7, 11) is 1.34. The van der Waals surface area contributed by atoms with Gasteiger partial charge >= 0.3 is 6.09 Å². The number of methoxy groups -OCH3 is 1. The highest BCUT2D eigenvalue weighted by Gasteiger charge is 2.01. The van der Waals surface area contributed by atoms with Gasteiger partial charge < -0.3 is 9.72 Å². The molecule has 0 bridgehead atoms. The van der Waals surface area contributed by atoms with Crippen molar-refractivity contribution in [3.8, 4) is 0 Å². The van der Waals surface area contributed by atoms with Gasteiger partial charge in [0.25, 0.3) is 0 Å². The molecule has 0 aliphatic heterocycles. The van der Waals surface area contributed by atoms with Gasteiger partial charge in [0.2, 0.25) is 0 Å². The van der Waals surface area contributed by atoms with E-state index in [-0.39, 0.29) is 0 Å². The van der Waals surface area contributed by atoms with E-state index in [0.717, 1.165) is 10.9 Å². The zero-order valence-corrected chi connectivity index (χ0v) is 7.70. The molecule has 2 aromatic rings. The minimum Gasteiger partial charge on any atom is -0.453 e. The van der Waals surface area contributed by atoms with Crippen molar-refractivity contribution in [2.45, 2.75) is 0 Å². The van der Waals surface area contributed by atoms with E-state index in [0.29, 0.717) is 5.69 Å². The van der Waals surface area contributed by atoms with Crippen LogP contribution in [0.4, 0.5) is 10.5 Å². The molecule has 4 nitrogen and oxygen atoms in total. The maximum Gasteiger partial charge on any atom is 0.411 e. The number of rotatable bonds is 1. The van der Waals surface area contributed by atoms with Crippen molar-refractivity contribution in [2.24, 2.45) is 0 Å². The molecule has 1 aromatic heterocycles. The van der Waals surface area contributed by atoms with Gasteiger partial charge in [-0.3, -0.25) is 5.32 Å². The SMILES string of the molecule is COC(=O)Nc1ccc2cc[nH]c2c1. The van der Waals surface area contributed by atoms with Crippen molar-refractivity contribution in [1.82, 2.24) is 4.98 Å². The third-order valence-electron chi connectivity index (χ3n) is 1.99. The van der Waals surface area contributed by atoms with Crippen LogP contribution in [-0.4, -0.2) is 18.2 Å². The summed E-state index contributed by atoms with van der Waals surface area (Å²) in [5.41, 5.74) is 1.70. The van der Waals surface area contributed by atoms with Gasteiger partial charge in [-0.05, 0) is 23.6 Å². The third-order valence-corrected chi connectivity index (χ3v) is 1.99. The Morgan fingerprint density at radius 3 is 3.07 bits per heavy atom. The Morgan fingerprint density at radius 1 is 1.43 bits per heavy atom. The molecule has 4 heteroatoms. The van der Waals surface area contributed by atoms with Crippen molar-refractivity contribution >= 4 is 22.7 Å². The maximum atomic E-state index is 10.9. The van der Waals surface area contributed by atoms with Crippen molar-refractivity contribution in [1.29, 1.82) is 0 Å². The summed E-state index contributed by atoms with van der Waals surface area (Å²) in [6.45, 7) is 0. The largest absolute Gasteiger partial charge is 0.453 e. The highest BCUT2D eigenvalue weighted by atomic mass is 16.5. The lowest BCUT2D eigenvalue weighted by atomic mass is 10.2. The average Bonchev–Trinajstić information content (AvgIpc) is 2.64. The molecular formula is C10H10N2O2. The van der Waals surface area contributed by atoms with E-state index in [9.17, 15) is 4.79 Å². The fourth-order valence-corrected chi connectivity index (χ4v) is 1.29. The molecule has 72 valence electrons. The first-order valence-electron chi connectivity index (χ1n) is 4.22. The normalized spacial score (nSPS) is 10.1. The second-order valence-corrected chi connectivity index (χ2v) is 2.90. The van der Waals surface area contributed by atoms with Crippen LogP contribution in [0.25, 0.3) is 10.9 Å². The number of fused-ring (bicyclic) bond motifs is 1. The quantitative estimate of drug-likeness (QED) is 0.725. The van der Waals surface area contributed by atoms with E-state index in [1.807, 2.05) is 30.5 Å². The number of hydrogen-bond acceptors (Lipinski definition) is 2. The highest BCUT2D eigenvalue weighted by Crippen LogP contribution is 2.17. The van der Waals surface area contributed by atoms with Crippen LogP contribution in [0.5, 0.6) is 0 Å². The Balaban J connectivity index is 2.30. The number of aromatic amines is 1. The van der Waals surface area contributed by atoms with Gasteiger partial charge in [0.1, 0.15) is 0 Å². The Hall–Kier alpha value is -1.97. The van der Waals surface area contributed by atoms with Gasteiger partial charge in [0.05, 0.1) is 7.11 Å². The van der Waals surface area contributed by atoms with Crippen LogP contribution < -0.4 is 5.32 Å². The van der Waals surface area contributed by atoms with Crippen molar-refractivity contribution in [2.75, 3.05) is 12.4 Å². The number of benzene rings is 1. The minimum atomic E-state index is -0.462. The molecule has 0 fully saturated rings. The fourth-order valence-electron chi connectivity index (χ4n) is 1.29. The Morgan fingerprint density at radius 2 is 2.29 bits per heavy atom. The first-order valence-corrected chi connectivity index (χ1v) is 4.22. The number of amides is 1. The highest BCUT2D eigenvalue weighted by molar-refractivity contribution is 5.89. The van der Waals surface area contributed by atoms with Crippen LogP contribution in [0.2, 0.25) is 0 Å². The predicted molar refractivity (Wildman–Crippen MR) is 54.3 cm³/mol. The van der Waals surface area contributed by atoms with Gasteiger partial charge in [-0.1, -0.05) is 6.07 Å². The molecule has 0 aliphatic carbocycles. The average molecular weight is 190 g/mol. The van der Waals surface area contributed by atoms with Gasteiger partial charge in [-0.15, -0.1) is 0 Å². The number of aromatic nitrogens is 1. The fraction of sp³-hybridized carbons (Fsp3) is 0.100. The molecule has 0 saturated carbocycles. The van der Waals surface area contributed by atoms with Gasteiger partial charge in [-0.25, -0.2) is 4.79 Å². The van der Waals surface area contributed by atoms with E-state index in [4.69, 9.17) is 0 Å². The minimum absolute atomic E-state index is 0.462. The van der Waals surface area contributed by atoms with Crippen LogP contribution in [0.15, 0.2) is 30.5 Å². The van der Waals surface area contributed by atoms with Crippen LogP contribution in [0.1, 0.15) is 0 Å². The molecule has 0 saturated heterocycles. The standard InChI is InChI=1S/C10H10N2O2/c1-14-10(13)12-8-3-2-7-4-5-11-9(7)6-8/h2-6,11H,1H3,(H,12,13). The molecule has 1 aromatic carbocycles. The summed E-state index contributed by atoms with van der Waals surface area (Å²) < 4.78 is 4.49. The molecule has 2 rings (SSSR count). The number of H-pyrrole nitrogens is 1. The van der Waals surface area contributed by atoms with E-state index in [1.54, 1.807) is 0 Å². The van der Waals surface area contributed by atoms with Crippen LogP contribution >= 0.6 is 0 Å². The van der Waals surface area contributed by atoms with Crippen LogP contribution in [0, 0.1) is 0 Å². The molecule has 0 spiro atoms. The lowest BCUT2D eigenvalue weighted by Gasteiger charge is -2.02. The monoisotopic (exact) mass is 190 g/mol. The van der Waals surface area contributed by atoms with Gasteiger partial charge in [0.15, 0.2) is 0 Å². The first-order chi connectivity index (χ1) is 6.79. The molecular weight excluding hydrogens is 180 g/mol. The number of anilines is 1. The number of hydrogen-bond donors (Lipinski definition) is 2. The summed E-state index contributed by atoms with van der Waals surface area (Å²) in [5, 5.41) is 3.70. The lowest BCUT2D eigenvalue weighted by Crippen LogP contribution is -2.10. The van der Waals surface area contributed by atoms with Crippen molar-refractivity contribution in [3.63, 3.8) is 0 Å². The zero-order valence-electron chi connectivity index (χ0n) is 7.70. The third kappa shape index (κ3) is 1.54. The number of carbonyl (C=O) groups is 1. The van der Waals surface area contributed by atoms with E-state index < -0.39 is 6.09 Å².